The molecule has 0 unspecified atom stereocenters. The van der Waals surface area contributed by atoms with E-state index < -0.39 is 0 Å². The van der Waals surface area contributed by atoms with Crippen molar-refractivity contribution in [1.82, 2.24) is 24.4 Å². The highest BCUT2D eigenvalue weighted by atomic mass is 16.5. The highest BCUT2D eigenvalue weighted by Gasteiger charge is 2.38. The normalized spacial score (nSPS) is 20.9. The average Bonchev–Trinajstić information content (AvgIpc) is 3.48. The fourth-order valence-corrected chi connectivity index (χ4v) is 5.07. The third kappa shape index (κ3) is 3.88. The van der Waals surface area contributed by atoms with E-state index in [2.05, 4.69) is 20.4 Å². The third-order valence-corrected chi connectivity index (χ3v) is 7.20. The molecule has 34 heavy (non-hydrogen) atoms. The molecule has 4 heterocycles. The summed E-state index contributed by atoms with van der Waals surface area (Å²) in [6.07, 6.45) is 9.59. The van der Waals surface area contributed by atoms with Crippen LogP contribution in [0.25, 0.3) is 17.0 Å². The van der Waals surface area contributed by atoms with Gasteiger partial charge < -0.3 is 14.7 Å². The number of likely N-dealkylation sites (tertiary alicyclic amines) is 1. The Morgan fingerprint density at radius 3 is 2.82 bits per heavy atom. The Hall–Kier alpha value is -3.52. The van der Waals surface area contributed by atoms with E-state index in [1.807, 2.05) is 49.5 Å². The highest BCUT2D eigenvalue weighted by molar-refractivity contribution is 6.04. The van der Waals surface area contributed by atoms with Crippen molar-refractivity contribution in [2.75, 3.05) is 18.4 Å². The molecule has 0 spiro atoms. The van der Waals surface area contributed by atoms with Crippen LogP contribution in [0.4, 0.5) is 5.69 Å². The predicted molar refractivity (Wildman–Crippen MR) is 129 cm³/mol. The first-order valence-electron chi connectivity index (χ1n) is 12.1. The number of hydrogen-bond donors (Lipinski definition) is 1. The molecule has 174 valence electrons. The number of benzene rings is 1. The Morgan fingerprint density at radius 1 is 1.12 bits per heavy atom. The second-order valence-corrected chi connectivity index (χ2v) is 9.43. The van der Waals surface area contributed by atoms with Gasteiger partial charge in [0.15, 0.2) is 0 Å². The Bertz CT molecular complexity index is 1330. The van der Waals surface area contributed by atoms with Crippen LogP contribution >= 0.6 is 0 Å². The van der Waals surface area contributed by atoms with Crippen molar-refractivity contribution in [3.05, 3.63) is 65.9 Å². The van der Waals surface area contributed by atoms with Gasteiger partial charge in [-0.25, -0.2) is 4.98 Å². The summed E-state index contributed by atoms with van der Waals surface area (Å²) in [5.41, 5.74) is 3.71. The first kappa shape index (κ1) is 21.0. The van der Waals surface area contributed by atoms with E-state index >= 15 is 0 Å². The van der Waals surface area contributed by atoms with Gasteiger partial charge >= 0.3 is 0 Å². The van der Waals surface area contributed by atoms with Crippen LogP contribution in [-0.4, -0.2) is 49.5 Å². The second kappa shape index (κ2) is 8.68. The number of hydrogen-bond acceptors (Lipinski definition) is 6. The zero-order chi connectivity index (χ0) is 23.1. The van der Waals surface area contributed by atoms with Crippen molar-refractivity contribution in [3.63, 3.8) is 0 Å². The number of carbonyl (C=O) groups excluding carboxylic acids is 1. The molecule has 1 saturated heterocycles. The molecular formula is C26H28N6O2. The van der Waals surface area contributed by atoms with Crippen molar-refractivity contribution in [2.24, 2.45) is 0 Å². The molecule has 1 N–H and O–H groups in total. The van der Waals surface area contributed by atoms with Crippen molar-refractivity contribution >= 4 is 17.2 Å². The summed E-state index contributed by atoms with van der Waals surface area (Å²) in [5.74, 6) is 1.40. The van der Waals surface area contributed by atoms with Crippen LogP contribution < -0.4 is 5.32 Å². The lowest BCUT2D eigenvalue weighted by molar-refractivity contribution is 0.0783. The summed E-state index contributed by atoms with van der Waals surface area (Å²) in [6, 6.07) is 12.1. The van der Waals surface area contributed by atoms with Crippen LogP contribution in [0.5, 0.6) is 0 Å². The molecule has 2 fully saturated rings. The van der Waals surface area contributed by atoms with Gasteiger partial charge in [-0.2, -0.15) is 4.98 Å². The molecule has 1 aliphatic carbocycles. The largest absolute Gasteiger partial charge is 0.339 e. The summed E-state index contributed by atoms with van der Waals surface area (Å²) < 4.78 is 7.41. The quantitative estimate of drug-likeness (QED) is 0.469. The number of rotatable bonds is 5. The molecule has 1 saturated carbocycles. The van der Waals surface area contributed by atoms with Crippen molar-refractivity contribution < 1.29 is 9.32 Å². The number of aryl methyl sites for hydroxylation is 1. The number of imidazole rings is 1. The Kier molecular flexibility index (Phi) is 5.37. The number of amides is 1. The highest BCUT2D eigenvalue weighted by Crippen LogP contribution is 2.40. The Morgan fingerprint density at radius 2 is 1.97 bits per heavy atom. The molecule has 3 aromatic heterocycles. The van der Waals surface area contributed by atoms with Gasteiger partial charge in [-0.05, 0) is 69.5 Å². The number of nitrogens with zero attached hydrogens (tertiary/aromatic N) is 5. The summed E-state index contributed by atoms with van der Waals surface area (Å²) in [6.45, 7) is 4.41. The SMILES string of the molecule is Cc1ccc(-c2noc(C3CC(N4CCCCC4)C3)n2)cc1NC(=O)c1cnc2ccccn12. The summed E-state index contributed by atoms with van der Waals surface area (Å²) in [4.78, 5) is 24.6. The van der Waals surface area contributed by atoms with Gasteiger partial charge in [0.2, 0.25) is 11.7 Å². The molecule has 1 amide bonds. The molecule has 1 aliphatic heterocycles. The van der Waals surface area contributed by atoms with Crippen LogP contribution in [0.15, 0.2) is 53.3 Å². The van der Waals surface area contributed by atoms with Crippen molar-refractivity contribution in [3.8, 4) is 11.4 Å². The molecule has 1 aromatic carbocycles. The predicted octanol–water partition coefficient (Wildman–Crippen LogP) is 4.68. The summed E-state index contributed by atoms with van der Waals surface area (Å²) in [7, 11) is 0. The first-order chi connectivity index (χ1) is 16.7. The average molecular weight is 457 g/mol. The molecule has 0 bridgehead atoms. The van der Waals surface area contributed by atoms with Gasteiger partial charge in [-0.3, -0.25) is 9.20 Å². The lowest BCUT2D eigenvalue weighted by Gasteiger charge is -2.43. The molecule has 4 aromatic rings. The minimum atomic E-state index is -0.217. The minimum Gasteiger partial charge on any atom is -0.339 e. The molecule has 8 nitrogen and oxygen atoms in total. The maximum Gasteiger partial charge on any atom is 0.274 e. The smallest absolute Gasteiger partial charge is 0.274 e. The van der Waals surface area contributed by atoms with Crippen LogP contribution in [0.1, 0.15) is 60.0 Å². The van der Waals surface area contributed by atoms with Crippen molar-refractivity contribution in [1.29, 1.82) is 0 Å². The maximum atomic E-state index is 13.0. The van der Waals surface area contributed by atoms with E-state index in [9.17, 15) is 4.79 Å². The minimum absolute atomic E-state index is 0.217. The zero-order valence-electron chi connectivity index (χ0n) is 19.3. The number of carbonyl (C=O) groups is 1. The molecule has 8 heteroatoms. The van der Waals surface area contributed by atoms with Crippen LogP contribution in [0.2, 0.25) is 0 Å². The first-order valence-corrected chi connectivity index (χ1v) is 12.1. The van der Waals surface area contributed by atoms with Crippen LogP contribution in [0.3, 0.4) is 0 Å². The molecular weight excluding hydrogens is 428 g/mol. The van der Waals surface area contributed by atoms with Gasteiger partial charge in [-0.1, -0.05) is 29.8 Å². The number of pyridine rings is 1. The van der Waals surface area contributed by atoms with E-state index in [1.165, 1.54) is 32.4 Å². The number of piperidine rings is 1. The zero-order valence-corrected chi connectivity index (χ0v) is 19.3. The van der Waals surface area contributed by atoms with E-state index in [0.717, 1.165) is 35.5 Å². The maximum absolute atomic E-state index is 13.0. The number of nitrogens with one attached hydrogen (secondary N) is 1. The van der Waals surface area contributed by atoms with E-state index in [0.29, 0.717) is 29.2 Å². The standard InChI is InChI=1S/C26H28N6O2/c1-17-8-9-18(15-21(17)28-25(33)22-16-27-23-7-3-6-12-32(22)23)24-29-26(34-30-24)19-13-20(14-19)31-10-4-2-5-11-31/h3,6-9,12,15-16,19-20H,2,4-5,10-11,13-14H2,1H3,(H,28,33). The number of fused-ring (bicyclic) bond motifs is 1. The Labute approximate surface area is 198 Å². The van der Waals surface area contributed by atoms with Crippen LogP contribution in [0, 0.1) is 6.92 Å². The second-order valence-electron chi connectivity index (χ2n) is 9.43. The number of aromatic nitrogens is 4. The van der Waals surface area contributed by atoms with Crippen LogP contribution in [-0.2, 0) is 0 Å². The fraction of sp³-hybridized carbons (Fsp3) is 0.385. The van der Waals surface area contributed by atoms with Gasteiger partial charge in [0.05, 0.1) is 6.20 Å². The number of anilines is 1. The lowest BCUT2D eigenvalue weighted by atomic mass is 9.78. The van der Waals surface area contributed by atoms with Gasteiger partial charge in [0, 0.05) is 29.4 Å². The molecule has 0 radical (unpaired) electrons. The summed E-state index contributed by atoms with van der Waals surface area (Å²) >= 11 is 0. The van der Waals surface area contributed by atoms with E-state index in [1.54, 1.807) is 10.6 Å². The van der Waals surface area contributed by atoms with Gasteiger partial charge in [0.25, 0.3) is 5.91 Å². The molecule has 0 atom stereocenters. The molecule has 6 rings (SSSR count). The van der Waals surface area contributed by atoms with E-state index in [-0.39, 0.29) is 5.91 Å². The summed E-state index contributed by atoms with van der Waals surface area (Å²) in [5, 5.41) is 7.26. The Balaban J connectivity index is 1.16. The monoisotopic (exact) mass is 456 g/mol. The van der Waals surface area contributed by atoms with Gasteiger partial charge in [0.1, 0.15) is 11.3 Å². The topological polar surface area (TPSA) is 88.6 Å². The van der Waals surface area contributed by atoms with Crippen molar-refractivity contribution in [2.45, 2.75) is 51.0 Å². The fourth-order valence-electron chi connectivity index (χ4n) is 5.07. The van der Waals surface area contributed by atoms with Gasteiger partial charge in [-0.15, -0.1) is 0 Å². The molecule has 2 aliphatic rings. The van der Waals surface area contributed by atoms with E-state index in [4.69, 9.17) is 9.51 Å². The lowest BCUT2D eigenvalue weighted by Crippen LogP contribution is -2.46. The third-order valence-electron chi connectivity index (χ3n) is 7.20.